The van der Waals surface area contributed by atoms with Crippen molar-refractivity contribution >= 4 is 23.6 Å². The Morgan fingerprint density at radius 2 is 1.53 bits per heavy atom. The zero-order valence-electron chi connectivity index (χ0n) is 16.9. The van der Waals surface area contributed by atoms with Gasteiger partial charge in [-0.15, -0.1) is 0 Å². The van der Waals surface area contributed by atoms with Gasteiger partial charge in [0.2, 0.25) is 5.91 Å². The summed E-state index contributed by atoms with van der Waals surface area (Å²) in [6.45, 7) is 3.82. The lowest BCUT2D eigenvalue weighted by Gasteiger charge is -2.13. The molecule has 2 aromatic rings. The number of hydrogen-bond donors (Lipinski definition) is 2. The van der Waals surface area contributed by atoms with Gasteiger partial charge in [0.1, 0.15) is 5.75 Å². The van der Waals surface area contributed by atoms with Crippen LogP contribution in [0, 0.1) is 13.8 Å². The second-order valence-corrected chi connectivity index (χ2v) is 7.04. The highest BCUT2D eigenvalue weighted by Gasteiger charge is 2.34. The van der Waals surface area contributed by atoms with Gasteiger partial charge < -0.3 is 4.74 Å². The quantitative estimate of drug-likeness (QED) is 0.537. The number of nitrogens with zero attached hydrogens (tertiary/aromatic N) is 1. The number of hydrogen-bond acceptors (Lipinski definition) is 5. The van der Waals surface area contributed by atoms with Gasteiger partial charge in [0.05, 0.1) is 11.1 Å². The first-order valence-electron chi connectivity index (χ1n) is 9.60. The predicted molar refractivity (Wildman–Crippen MR) is 109 cm³/mol. The molecule has 1 aliphatic rings. The molecule has 0 fully saturated rings. The highest BCUT2D eigenvalue weighted by atomic mass is 16.5. The van der Waals surface area contributed by atoms with Gasteiger partial charge in [-0.25, -0.2) is 0 Å². The highest BCUT2D eigenvalue weighted by Crippen LogP contribution is 2.22. The van der Waals surface area contributed by atoms with Gasteiger partial charge in [-0.1, -0.05) is 18.2 Å². The summed E-state index contributed by atoms with van der Waals surface area (Å²) in [7, 11) is 0. The first-order valence-corrected chi connectivity index (χ1v) is 9.60. The maximum atomic E-state index is 12.3. The van der Waals surface area contributed by atoms with Crippen LogP contribution in [0.15, 0.2) is 42.5 Å². The van der Waals surface area contributed by atoms with Gasteiger partial charge >= 0.3 is 0 Å². The van der Waals surface area contributed by atoms with Crippen molar-refractivity contribution in [1.29, 1.82) is 0 Å². The third kappa shape index (κ3) is 4.83. The summed E-state index contributed by atoms with van der Waals surface area (Å²) in [4.78, 5) is 49.4. The molecule has 0 saturated carbocycles. The van der Waals surface area contributed by atoms with E-state index >= 15 is 0 Å². The monoisotopic (exact) mass is 409 g/mol. The van der Waals surface area contributed by atoms with E-state index in [9.17, 15) is 19.2 Å². The third-order valence-electron chi connectivity index (χ3n) is 4.85. The number of benzene rings is 2. The van der Waals surface area contributed by atoms with E-state index in [0.29, 0.717) is 16.9 Å². The van der Waals surface area contributed by atoms with Gasteiger partial charge in [-0.2, -0.15) is 0 Å². The lowest BCUT2D eigenvalue weighted by atomic mass is 10.1. The Hall–Kier alpha value is -3.68. The van der Waals surface area contributed by atoms with Gasteiger partial charge in [-0.3, -0.25) is 34.9 Å². The summed E-state index contributed by atoms with van der Waals surface area (Å²) in [5, 5.41) is 0. The van der Waals surface area contributed by atoms with Crippen LogP contribution in [0.2, 0.25) is 0 Å². The Balaban J connectivity index is 1.36. The lowest BCUT2D eigenvalue weighted by Crippen LogP contribution is -2.44. The number of imide groups is 1. The van der Waals surface area contributed by atoms with Crippen LogP contribution < -0.4 is 15.6 Å². The summed E-state index contributed by atoms with van der Waals surface area (Å²) < 4.78 is 5.39. The average Bonchev–Trinajstić information content (AvgIpc) is 2.98. The first kappa shape index (κ1) is 21.0. The summed E-state index contributed by atoms with van der Waals surface area (Å²) in [5.74, 6) is -1.06. The summed E-state index contributed by atoms with van der Waals surface area (Å²) >= 11 is 0. The van der Waals surface area contributed by atoms with E-state index in [1.54, 1.807) is 30.3 Å². The van der Waals surface area contributed by atoms with Crippen molar-refractivity contribution in [3.63, 3.8) is 0 Å². The number of nitrogens with one attached hydrogen (secondary N) is 2. The van der Waals surface area contributed by atoms with Crippen molar-refractivity contribution in [2.24, 2.45) is 0 Å². The fourth-order valence-corrected chi connectivity index (χ4v) is 3.03. The number of hydrazine groups is 1. The first-order chi connectivity index (χ1) is 14.4. The number of aryl methyl sites for hydroxylation is 2. The van der Waals surface area contributed by atoms with Crippen LogP contribution in [-0.2, 0) is 9.59 Å². The number of fused-ring (bicyclic) bond motifs is 1. The van der Waals surface area contributed by atoms with Crippen molar-refractivity contribution in [1.82, 2.24) is 15.8 Å². The molecule has 0 atom stereocenters. The molecule has 1 aliphatic heterocycles. The van der Waals surface area contributed by atoms with Crippen LogP contribution >= 0.6 is 0 Å². The van der Waals surface area contributed by atoms with Crippen molar-refractivity contribution in [3.05, 3.63) is 64.7 Å². The lowest BCUT2D eigenvalue weighted by molar-refractivity contribution is -0.130. The van der Waals surface area contributed by atoms with E-state index in [1.807, 2.05) is 26.0 Å². The van der Waals surface area contributed by atoms with Crippen LogP contribution in [0.5, 0.6) is 5.75 Å². The Morgan fingerprint density at radius 3 is 2.17 bits per heavy atom. The molecule has 3 rings (SSSR count). The maximum absolute atomic E-state index is 12.3. The van der Waals surface area contributed by atoms with Crippen molar-refractivity contribution in [2.45, 2.75) is 26.7 Å². The molecule has 30 heavy (non-hydrogen) atoms. The number of ether oxygens (including phenoxy) is 1. The Bertz CT molecular complexity index is 967. The second-order valence-electron chi connectivity index (χ2n) is 7.04. The molecule has 0 spiro atoms. The van der Waals surface area contributed by atoms with E-state index in [0.717, 1.165) is 16.0 Å². The van der Waals surface area contributed by atoms with Crippen LogP contribution in [0.4, 0.5) is 0 Å². The van der Waals surface area contributed by atoms with Gasteiger partial charge in [0.15, 0.2) is 6.61 Å². The average molecular weight is 409 g/mol. The van der Waals surface area contributed by atoms with E-state index in [2.05, 4.69) is 10.9 Å². The van der Waals surface area contributed by atoms with Crippen LogP contribution in [0.3, 0.4) is 0 Å². The Kier molecular flexibility index (Phi) is 6.46. The number of amides is 4. The van der Waals surface area contributed by atoms with E-state index in [-0.39, 0.29) is 37.8 Å². The minimum absolute atomic E-state index is 0.0473. The molecule has 0 bridgehead atoms. The smallest absolute Gasteiger partial charge is 0.276 e. The normalized spacial score (nSPS) is 12.5. The predicted octanol–water partition coefficient (Wildman–Crippen LogP) is 1.91. The third-order valence-corrected chi connectivity index (χ3v) is 4.85. The maximum Gasteiger partial charge on any atom is 0.276 e. The molecule has 156 valence electrons. The summed E-state index contributed by atoms with van der Waals surface area (Å²) in [6.07, 6.45) is 0.331. The molecule has 4 amide bonds. The topological polar surface area (TPSA) is 105 Å². The molecule has 8 heteroatoms. The molecule has 0 radical (unpaired) electrons. The fraction of sp³-hybridized carbons (Fsp3) is 0.273. The number of rotatable bonds is 7. The molecular weight excluding hydrogens is 386 g/mol. The van der Waals surface area contributed by atoms with E-state index in [4.69, 9.17) is 4.74 Å². The molecular formula is C22H23N3O5. The van der Waals surface area contributed by atoms with Crippen molar-refractivity contribution in [3.8, 4) is 5.75 Å². The van der Waals surface area contributed by atoms with Crippen LogP contribution in [0.1, 0.15) is 44.7 Å². The summed E-state index contributed by atoms with van der Waals surface area (Å²) in [5.41, 5.74) is 7.51. The molecule has 0 unspecified atom stereocenters. The SMILES string of the molecule is Cc1ccc(OCC(=O)NNC(=O)CCCN2C(=O)c3ccccc3C2=O)cc1C. The van der Waals surface area contributed by atoms with Gasteiger partial charge in [-0.05, 0) is 55.7 Å². The van der Waals surface area contributed by atoms with Crippen molar-refractivity contribution < 1.29 is 23.9 Å². The van der Waals surface area contributed by atoms with Crippen molar-refractivity contribution in [2.75, 3.05) is 13.2 Å². The Morgan fingerprint density at radius 1 is 0.900 bits per heavy atom. The zero-order valence-corrected chi connectivity index (χ0v) is 16.9. The Labute approximate surface area is 174 Å². The molecule has 1 heterocycles. The highest BCUT2D eigenvalue weighted by molar-refractivity contribution is 6.21. The van der Waals surface area contributed by atoms with Crippen LogP contribution in [0.25, 0.3) is 0 Å². The van der Waals surface area contributed by atoms with Crippen LogP contribution in [-0.4, -0.2) is 41.7 Å². The minimum atomic E-state index is -0.498. The molecule has 0 aliphatic carbocycles. The van der Waals surface area contributed by atoms with Gasteiger partial charge in [0, 0.05) is 13.0 Å². The molecule has 2 N–H and O–H groups in total. The molecule has 8 nitrogen and oxygen atoms in total. The molecule has 2 aromatic carbocycles. The standard InChI is InChI=1S/C22H23N3O5/c1-14-9-10-16(12-15(14)2)30-13-20(27)24-23-19(26)8-5-11-25-21(28)17-6-3-4-7-18(17)22(25)29/h3-4,6-7,9-10,12H,5,8,11,13H2,1-2H3,(H,23,26)(H,24,27). The molecule has 0 aromatic heterocycles. The largest absolute Gasteiger partial charge is 0.484 e. The van der Waals surface area contributed by atoms with Gasteiger partial charge in [0.25, 0.3) is 17.7 Å². The fourth-order valence-electron chi connectivity index (χ4n) is 3.03. The van der Waals surface area contributed by atoms with E-state index < -0.39 is 11.8 Å². The second kappa shape index (κ2) is 9.21. The zero-order chi connectivity index (χ0) is 21.7. The van der Waals surface area contributed by atoms with E-state index in [1.165, 1.54) is 0 Å². The minimum Gasteiger partial charge on any atom is -0.484 e. The number of carbonyl (C=O) groups is 4. The number of carbonyl (C=O) groups excluding carboxylic acids is 4. The summed E-state index contributed by atoms with van der Waals surface area (Å²) in [6, 6.07) is 12.1. The molecule has 0 saturated heterocycles.